The van der Waals surface area contributed by atoms with Crippen LogP contribution < -0.4 is 22.8 Å². The lowest BCUT2D eigenvalue weighted by atomic mass is 10.1. The summed E-state index contributed by atoms with van der Waals surface area (Å²) in [6.07, 6.45) is 3.19. The van der Waals surface area contributed by atoms with Crippen molar-refractivity contribution in [3.8, 4) is 0 Å². The summed E-state index contributed by atoms with van der Waals surface area (Å²) in [5, 5.41) is 29.9. The second-order valence-corrected chi connectivity index (χ2v) is 8.33. The molecule has 1 aliphatic rings. The summed E-state index contributed by atoms with van der Waals surface area (Å²) in [5.41, 5.74) is 4.26. The first-order valence-electron chi connectivity index (χ1n) is 11.2. The first kappa shape index (κ1) is 24.2. The van der Waals surface area contributed by atoms with Gasteiger partial charge in [0.1, 0.15) is 18.3 Å². The fourth-order valence-corrected chi connectivity index (χ4v) is 4.18. The predicted molar refractivity (Wildman–Crippen MR) is 118 cm³/mol. The van der Waals surface area contributed by atoms with Crippen LogP contribution in [0.1, 0.15) is 64.5 Å². The number of aliphatic hydroxyl groups is 3. The monoisotopic (exact) mass is 454 g/mol. The van der Waals surface area contributed by atoms with Gasteiger partial charge in [0.05, 0.1) is 6.61 Å². The lowest BCUT2D eigenvalue weighted by Crippen LogP contribution is -2.36. The number of aliphatic hydroxyl groups excluding tert-OH is 3. The maximum Gasteiger partial charge on any atom is 0.332 e. The summed E-state index contributed by atoms with van der Waals surface area (Å²) in [4.78, 5) is 30.1. The fourth-order valence-electron chi connectivity index (χ4n) is 4.18. The highest BCUT2D eigenvalue weighted by Crippen LogP contribution is 2.30. The van der Waals surface area contributed by atoms with Gasteiger partial charge in [-0.3, -0.25) is 9.36 Å². The Morgan fingerprint density at radius 2 is 1.66 bits per heavy atom. The molecule has 0 aromatic carbocycles. The summed E-state index contributed by atoms with van der Waals surface area (Å²) in [6, 6.07) is 0. The maximum atomic E-state index is 13.3. The van der Waals surface area contributed by atoms with Crippen molar-refractivity contribution < 1.29 is 20.1 Å². The van der Waals surface area contributed by atoms with Crippen LogP contribution >= 0.6 is 0 Å². The molecule has 0 radical (unpaired) electrons. The molecular weight excluding hydrogens is 420 g/mol. The van der Waals surface area contributed by atoms with Gasteiger partial charge < -0.3 is 31.6 Å². The summed E-state index contributed by atoms with van der Waals surface area (Å²) in [7, 11) is 0. The fraction of sp³-hybridized carbons (Fsp3) is 0.750. The summed E-state index contributed by atoms with van der Waals surface area (Å²) < 4.78 is 8.43. The van der Waals surface area contributed by atoms with Crippen molar-refractivity contribution in [1.82, 2.24) is 18.8 Å². The van der Waals surface area contributed by atoms with Gasteiger partial charge in [-0.2, -0.15) is 9.66 Å². The van der Waals surface area contributed by atoms with Crippen LogP contribution in [0, 0.1) is 0 Å². The average Bonchev–Trinajstić information content (AvgIpc) is 3.21. The maximum absolute atomic E-state index is 13.3. The number of rotatable bonds is 11. The van der Waals surface area contributed by atoms with Crippen LogP contribution in [-0.4, -0.2) is 59.0 Å². The van der Waals surface area contributed by atoms with Gasteiger partial charge in [0.15, 0.2) is 17.4 Å². The second kappa shape index (κ2) is 10.5. The molecule has 1 fully saturated rings. The number of ether oxygens (including phenoxy) is 1. The first-order chi connectivity index (χ1) is 15.3. The second-order valence-electron chi connectivity index (χ2n) is 8.33. The Labute approximate surface area is 185 Å². The summed E-state index contributed by atoms with van der Waals surface area (Å²) in [6.45, 7) is 1.88. The molecule has 3 heterocycles. The molecule has 12 heteroatoms. The smallest absolute Gasteiger partial charge is 0.332 e. The van der Waals surface area contributed by atoms with Crippen LogP contribution in [0.2, 0.25) is 0 Å². The van der Waals surface area contributed by atoms with E-state index in [0.717, 1.165) is 23.8 Å². The molecule has 3 rings (SSSR count). The van der Waals surface area contributed by atoms with Crippen LogP contribution in [0.15, 0.2) is 9.59 Å². The molecule has 0 saturated carbocycles. The molecule has 2 aromatic heterocycles. The van der Waals surface area contributed by atoms with Crippen molar-refractivity contribution in [2.45, 2.75) is 89.4 Å². The highest BCUT2D eigenvalue weighted by atomic mass is 16.6. The van der Waals surface area contributed by atoms with Gasteiger partial charge in [-0.05, 0) is 6.42 Å². The lowest BCUT2D eigenvalue weighted by molar-refractivity contribution is -0.0528. The molecule has 32 heavy (non-hydrogen) atoms. The molecule has 0 spiro atoms. The van der Waals surface area contributed by atoms with Crippen molar-refractivity contribution in [3.63, 3.8) is 0 Å². The third-order valence-electron chi connectivity index (χ3n) is 6.04. The average molecular weight is 455 g/mol. The van der Waals surface area contributed by atoms with Crippen molar-refractivity contribution in [2.24, 2.45) is 0 Å². The molecule has 0 amide bonds. The van der Waals surface area contributed by atoms with Crippen molar-refractivity contribution >= 4 is 17.1 Å². The SMILES string of the molecule is CCCCCCCCCCn1c(=O)n([C@@H]2O[C@H](CO)[C@@H](O)[C@H]2O)c2nc(N)n(N)c(=O)c21. The number of nitrogens with zero attached hydrogens (tertiary/aromatic N) is 4. The zero-order valence-corrected chi connectivity index (χ0v) is 18.4. The molecule has 1 aliphatic heterocycles. The van der Waals surface area contributed by atoms with Crippen molar-refractivity contribution in [3.05, 3.63) is 20.8 Å². The van der Waals surface area contributed by atoms with Crippen LogP contribution in [-0.2, 0) is 11.3 Å². The normalized spacial score (nSPS) is 23.4. The van der Waals surface area contributed by atoms with E-state index < -0.39 is 42.4 Å². The number of nitrogen functional groups attached to an aromatic ring is 2. The van der Waals surface area contributed by atoms with Crippen LogP contribution in [0.25, 0.3) is 11.2 Å². The van der Waals surface area contributed by atoms with Crippen molar-refractivity contribution in [1.29, 1.82) is 0 Å². The van der Waals surface area contributed by atoms with Gasteiger partial charge in [-0.25, -0.2) is 9.36 Å². The van der Waals surface area contributed by atoms with E-state index in [1.54, 1.807) is 0 Å². The zero-order valence-electron chi connectivity index (χ0n) is 18.4. The van der Waals surface area contributed by atoms with Crippen LogP contribution in [0.4, 0.5) is 5.95 Å². The van der Waals surface area contributed by atoms with E-state index >= 15 is 0 Å². The van der Waals surface area contributed by atoms with Gasteiger partial charge in [-0.1, -0.05) is 51.9 Å². The van der Waals surface area contributed by atoms with Gasteiger partial charge >= 0.3 is 5.69 Å². The van der Waals surface area contributed by atoms with Gasteiger partial charge in [0.25, 0.3) is 5.56 Å². The Morgan fingerprint density at radius 3 is 2.25 bits per heavy atom. The molecule has 1 saturated heterocycles. The van der Waals surface area contributed by atoms with Gasteiger partial charge in [0.2, 0.25) is 5.95 Å². The molecule has 0 aliphatic carbocycles. The number of fused-ring (bicyclic) bond motifs is 1. The predicted octanol–water partition coefficient (Wildman–Crippen LogP) is -0.592. The van der Waals surface area contributed by atoms with Crippen LogP contribution in [0.3, 0.4) is 0 Å². The minimum Gasteiger partial charge on any atom is -0.394 e. The highest BCUT2D eigenvalue weighted by molar-refractivity contribution is 5.72. The third kappa shape index (κ3) is 4.53. The van der Waals surface area contributed by atoms with E-state index in [1.807, 2.05) is 0 Å². The van der Waals surface area contributed by atoms with E-state index in [2.05, 4.69) is 11.9 Å². The Balaban J connectivity index is 1.89. The molecule has 180 valence electrons. The molecule has 2 aromatic rings. The molecule has 0 unspecified atom stereocenters. The number of anilines is 1. The number of hydrogen-bond acceptors (Lipinski definition) is 9. The number of aromatic nitrogens is 4. The van der Waals surface area contributed by atoms with E-state index in [1.165, 1.54) is 30.3 Å². The van der Waals surface area contributed by atoms with E-state index in [-0.39, 0.29) is 23.7 Å². The van der Waals surface area contributed by atoms with E-state index in [9.17, 15) is 24.9 Å². The molecule has 0 bridgehead atoms. The largest absolute Gasteiger partial charge is 0.394 e. The number of unbranched alkanes of at least 4 members (excludes halogenated alkanes) is 7. The van der Waals surface area contributed by atoms with Gasteiger partial charge in [-0.15, -0.1) is 0 Å². The van der Waals surface area contributed by atoms with Crippen LogP contribution in [0.5, 0.6) is 0 Å². The lowest BCUT2D eigenvalue weighted by Gasteiger charge is -2.16. The Hall–Kier alpha value is -2.41. The zero-order chi connectivity index (χ0) is 23.4. The number of nitrogens with two attached hydrogens (primary N) is 2. The minimum atomic E-state index is -1.50. The Morgan fingerprint density at radius 1 is 1.03 bits per heavy atom. The molecular formula is C20H34N6O6. The molecule has 7 N–H and O–H groups in total. The standard InChI is InChI=1S/C20H34N6O6/c1-2-3-4-5-6-7-8-9-10-24-13-16(23-19(21)26(22)17(13)30)25(20(24)31)18-15(29)14(28)12(11-27)32-18/h12,14-15,18,27-29H,2-11,22H2,1H3,(H2,21,23)/t12-,14-,15-,18-/m1/s1. The first-order valence-corrected chi connectivity index (χ1v) is 11.2. The Kier molecular flexibility index (Phi) is 7.93. The molecule has 12 nitrogen and oxygen atoms in total. The highest BCUT2D eigenvalue weighted by Gasteiger charge is 2.45. The summed E-state index contributed by atoms with van der Waals surface area (Å²) in [5.74, 6) is 5.38. The minimum absolute atomic E-state index is 0.0487. The third-order valence-corrected chi connectivity index (χ3v) is 6.04. The van der Waals surface area contributed by atoms with Gasteiger partial charge in [0, 0.05) is 6.54 Å². The topological polar surface area (TPSA) is 184 Å². The number of imidazole rings is 1. The van der Waals surface area contributed by atoms with E-state index in [0.29, 0.717) is 11.1 Å². The summed E-state index contributed by atoms with van der Waals surface area (Å²) >= 11 is 0. The van der Waals surface area contributed by atoms with E-state index in [4.69, 9.17) is 16.3 Å². The Bertz CT molecular complexity index is 1030. The number of hydrogen-bond donors (Lipinski definition) is 5. The van der Waals surface area contributed by atoms with Crippen molar-refractivity contribution in [2.75, 3.05) is 18.2 Å². The quantitative estimate of drug-likeness (QED) is 0.219. The number of aryl methyl sites for hydroxylation is 1. The molecule has 4 atom stereocenters.